The molecule has 3 heterocycles. The number of amides is 4. The molecule has 4 amide bonds. The van der Waals surface area contributed by atoms with E-state index in [1.807, 2.05) is 57.5 Å². The smallest absolute Gasteiger partial charge is 0.350 e. The number of nitrogens with one attached hydrogen (secondary N) is 3. The van der Waals surface area contributed by atoms with Gasteiger partial charge in [0.05, 0.1) is 56.5 Å². The number of nitriles is 1. The van der Waals surface area contributed by atoms with E-state index in [-0.39, 0.29) is 40.8 Å². The summed E-state index contributed by atoms with van der Waals surface area (Å²) in [5.41, 5.74) is 2.63. The summed E-state index contributed by atoms with van der Waals surface area (Å²) in [6.45, 7) is 11.3. The Morgan fingerprint density at radius 3 is 2.16 bits per heavy atom. The van der Waals surface area contributed by atoms with E-state index in [0.29, 0.717) is 61.1 Å². The first-order valence-electron chi connectivity index (χ1n) is 24.6. The molecular formula is C57H57F4N9O5S2. The number of halogens is 4. The van der Waals surface area contributed by atoms with E-state index in [4.69, 9.17) is 12.2 Å². The Hall–Kier alpha value is -7.89. The first kappa shape index (κ1) is 56.8. The van der Waals surface area contributed by atoms with Crippen LogP contribution in [0.5, 0.6) is 0 Å². The number of pyridine rings is 1. The molecule has 0 bridgehead atoms. The Bertz CT molecular complexity index is 3210. The number of nitrogens with zero attached hydrogens (tertiary/aromatic N) is 6. The van der Waals surface area contributed by atoms with Crippen LogP contribution in [0.3, 0.4) is 0 Å². The average molecular weight is 1090 g/mol. The molecule has 2 aromatic heterocycles. The first-order valence-corrected chi connectivity index (χ1v) is 25.9. The molecule has 6 aromatic rings. The summed E-state index contributed by atoms with van der Waals surface area (Å²) in [4.78, 5) is 80.5. The van der Waals surface area contributed by atoms with Gasteiger partial charge in [-0.05, 0) is 123 Å². The van der Waals surface area contributed by atoms with Crippen molar-refractivity contribution in [3.8, 4) is 27.8 Å². The lowest BCUT2D eigenvalue weighted by Crippen LogP contribution is -2.57. The van der Waals surface area contributed by atoms with E-state index in [1.54, 1.807) is 76.9 Å². The van der Waals surface area contributed by atoms with E-state index in [2.05, 4.69) is 25.9 Å². The molecular weight excluding hydrogens is 1030 g/mol. The third-order valence-corrected chi connectivity index (χ3v) is 14.7. The van der Waals surface area contributed by atoms with Crippen molar-refractivity contribution in [2.75, 3.05) is 28.7 Å². The molecule has 20 heteroatoms. The van der Waals surface area contributed by atoms with Crippen LogP contribution in [0.4, 0.5) is 34.6 Å². The minimum atomic E-state index is -5.16. The Morgan fingerprint density at radius 1 is 0.909 bits per heavy atom. The summed E-state index contributed by atoms with van der Waals surface area (Å²) in [6.07, 6.45) is -1.57. The van der Waals surface area contributed by atoms with Crippen LogP contribution in [0.2, 0.25) is 0 Å². The lowest BCUT2D eigenvalue weighted by Gasteiger charge is -2.39. The van der Waals surface area contributed by atoms with Crippen molar-refractivity contribution in [2.45, 2.75) is 97.6 Å². The second-order valence-corrected chi connectivity index (χ2v) is 21.5. The van der Waals surface area contributed by atoms with Crippen molar-refractivity contribution in [1.82, 2.24) is 25.5 Å². The Balaban J connectivity index is 0.914. The number of anilines is 3. The highest BCUT2D eigenvalue weighted by molar-refractivity contribution is 7.80. The summed E-state index contributed by atoms with van der Waals surface area (Å²) >= 11 is 7.21. The Kier molecular flexibility index (Phi) is 17.4. The summed E-state index contributed by atoms with van der Waals surface area (Å²) in [5, 5.41) is 17.8. The van der Waals surface area contributed by atoms with Crippen LogP contribution in [0, 0.1) is 29.5 Å². The van der Waals surface area contributed by atoms with E-state index >= 15 is 4.39 Å². The SMILES string of the molecule is Cc1ncsc1-c1ccc(CNC(=O)[C@@H]2CCCN2C(=O)C(NC(=O)CCc2ccc(C(=O)Nc3ccc(-c4ccc(N(C(=S)N(C)c5ccc(C#N)c(C(F)(F)F)c5F)C(C)(C)C=O)cn4)cc3)cc2)C(C)(C)C)cc1. The van der Waals surface area contributed by atoms with Gasteiger partial charge in [0.25, 0.3) is 5.91 Å². The fourth-order valence-corrected chi connectivity index (χ4v) is 10.1. The number of aldehydes is 1. The fraction of sp³-hybridized carbons (Fsp3) is 0.316. The monoisotopic (exact) mass is 1090 g/mol. The molecule has 3 N–H and O–H groups in total. The fourth-order valence-electron chi connectivity index (χ4n) is 8.90. The molecule has 1 saturated heterocycles. The molecule has 77 heavy (non-hydrogen) atoms. The quantitative estimate of drug-likeness (QED) is 0.0477. The molecule has 1 aliphatic rings. The number of benzene rings is 4. The van der Waals surface area contributed by atoms with Gasteiger partial charge in [-0.3, -0.25) is 24.2 Å². The highest BCUT2D eigenvalue weighted by Gasteiger charge is 2.43. The van der Waals surface area contributed by atoms with Gasteiger partial charge in [0.15, 0.2) is 10.9 Å². The van der Waals surface area contributed by atoms with Gasteiger partial charge in [-0.25, -0.2) is 9.37 Å². The van der Waals surface area contributed by atoms with Gasteiger partial charge >= 0.3 is 6.18 Å². The molecule has 1 fully saturated rings. The zero-order valence-corrected chi connectivity index (χ0v) is 45.1. The standard InChI is InChI=1S/C57H57F4N9O5S2/c1-34-49(77-33-65-34)38-15-12-36(13-16-38)30-64-52(74)45-9-8-28-69(45)53(75)50(55(2,3)4)67-46(72)27-14-35-10-17-39(18-11-35)51(73)66-41-22-19-37(20-23-41)43-25-24-42(31-63-43)70(56(5,6)32-71)54(76)68(7)44-26-21-40(29-62)47(48(44)58)57(59,60)61/h10-13,15-26,31-33,45,50H,8-9,14,27-28,30H2,1-7H3,(H,64,74)(H,66,73)(H,67,72)/t45-,50?/m0/s1. The maximum atomic E-state index is 15.4. The number of hydrogen-bond acceptors (Lipinski definition) is 10. The number of aryl methyl sites for hydroxylation is 2. The largest absolute Gasteiger partial charge is 0.420 e. The zero-order chi connectivity index (χ0) is 56.0. The minimum Gasteiger partial charge on any atom is -0.350 e. The van der Waals surface area contributed by atoms with Crippen LogP contribution in [-0.4, -0.2) is 81.1 Å². The second-order valence-electron chi connectivity index (χ2n) is 20.2. The maximum Gasteiger partial charge on any atom is 0.420 e. The van der Waals surface area contributed by atoms with E-state index in [0.717, 1.165) is 44.3 Å². The third-order valence-electron chi connectivity index (χ3n) is 13.2. The zero-order valence-electron chi connectivity index (χ0n) is 43.4. The summed E-state index contributed by atoms with van der Waals surface area (Å²) in [6, 6.07) is 26.5. The van der Waals surface area contributed by atoms with Gasteiger partial charge in [-0.15, -0.1) is 11.3 Å². The molecule has 1 aliphatic heterocycles. The van der Waals surface area contributed by atoms with Crippen LogP contribution >= 0.6 is 23.6 Å². The van der Waals surface area contributed by atoms with Gasteiger partial charge in [-0.2, -0.15) is 18.4 Å². The molecule has 0 aliphatic carbocycles. The Morgan fingerprint density at radius 2 is 1.57 bits per heavy atom. The average Bonchev–Trinajstić information content (AvgIpc) is 4.08. The van der Waals surface area contributed by atoms with Crippen molar-refractivity contribution < 1.29 is 41.5 Å². The molecule has 2 atom stereocenters. The van der Waals surface area contributed by atoms with Crippen molar-refractivity contribution in [1.29, 1.82) is 5.26 Å². The maximum absolute atomic E-state index is 15.4. The van der Waals surface area contributed by atoms with Gasteiger partial charge < -0.3 is 35.4 Å². The second kappa shape index (κ2) is 23.6. The van der Waals surface area contributed by atoms with Crippen LogP contribution in [-0.2, 0) is 38.3 Å². The van der Waals surface area contributed by atoms with Crippen molar-refractivity contribution in [2.24, 2.45) is 5.41 Å². The third kappa shape index (κ3) is 13.2. The van der Waals surface area contributed by atoms with Gasteiger partial charge in [0.1, 0.15) is 23.9 Å². The summed E-state index contributed by atoms with van der Waals surface area (Å²) < 4.78 is 56.9. The normalized spacial score (nSPS) is 14.0. The molecule has 400 valence electrons. The summed E-state index contributed by atoms with van der Waals surface area (Å²) in [7, 11) is 1.25. The number of thiazole rings is 1. The van der Waals surface area contributed by atoms with Crippen molar-refractivity contribution >= 4 is 75.6 Å². The van der Waals surface area contributed by atoms with Crippen LogP contribution in [0.1, 0.15) is 92.2 Å². The predicted molar refractivity (Wildman–Crippen MR) is 292 cm³/mol. The molecule has 14 nitrogen and oxygen atoms in total. The van der Waals surface area contributed by atoms with Crippen LogP contribution in [0.15, 0.2) is 109 Å². The predicted octanol–water partition coefficient (Wildman–Crippen LogP) is 10.4. The van der Waals surface area contributed by atoms with E-state index in [9.17, 15) is 42.4 Å². The van der Waals surface area contributed by atoms with Gasteiger partial charge in [-0.1, -0.05) is 69.3 Å². The Labute approximate surface area is 453 Å². The number of alkyl halides is 3. The number of hydrogen-bond donors (Lipinski definition) is 3. The highest BCUT2D eigenvalue weighted by atomic mass is 32.1. The molecule has 0 radical (unpaired) electrons. The number of aromatic nitrogens is 2. The molecule has 4 aromatic carbocycles. The number of rotatable bonds is 16. The van der Waals surface area contributed by atoms with Crippen molar-refractivity contribution in [3.63, 3.8) is 0 Å². The first-order chi connectivity index (χ1) is 36.4. The number of thiocarbonyl (C=S) groups is 1. The highest BCUT2D eigenvalue weighted by Crippen LogP contribution is 2.39. The summed E-state index contributed by atoms with van der Waals surface area (Å²) in [5.74, 6) is -2.94. The molecule has 7 rings (SSSR count). The lowest BCUT2D eigenvalue weighted by atomic mass is 9.85. The van der Waals surface area contributed by atoms with Gasteiger partial charge in [0.2, 0.25) is 17.7 Å². The van der Waals surface area contributed by atoms with Crippen LogP contribution in [0.25, 0.3) is 21.7 Å². The number of carbonyl (C=O) groups excluding carboxylic acids is 5. The number of carbonyl (C=O) groups is 5. The molecule has 0 spiro atoms. The number of likely N-dealkylation sites (tertiary alicyclic amines) is 1. The van der Waals surface area contributed by atoms with Crippen LogP contribution < -0.4 is 25.8 Å². The van der Waals surface area contributed by atoms with E-state index < -0.39 is 51.8 Å². The molecule has 1 unspecified atom stereocenters. The van der Waals surface area contributed by atoms with Crippen molar-refractivity contribution in [3.05, 3.63) is 148 Å². The lowest BCUT2D eigenvalue weighted by molar-refractivity contribution is -0.143. The molecule has 0 saturated carbocycles. The van der Waals surface area contributed by atoms with Gasteiger partial charge in [0, 0.05) is 43.4 Å². The minimum absolute atomic E-state index is 0.0799. The topological polar surface area (TPSA) is 181 Å². The van der Waals surface area contributed by atoms with E-state index in [1.165, 1.54) is 38.1 Å².